The van der Waals surface area contributed by atoms with Crippen molar-refractivity contribution in [1.29, 1.82) is 0 Å². The summed E-state index contributed by atoms with van der Waals surface area (Å²) in [5, 5.41) is 1.92. The summed E-state index contributed by atoms with van der Waals surface area (Å²) in [6.45, 7) is 9.73. The highest BCUT2D eigenvalue weighted by Crippen LogP contribution is 2.22. The lowest BCUT2D eigenvalue weighted by Gasteiger charge is -2.19. The molecule has 1 unspecified atom stereocenters. The fraction of sp³-hybridized carbons (Fsp3) is 0.875. The van der Waals surface area contributed by atoms with Gasteiger partial charge < -0.3 is 4.90 Å². The van der Waals surface area contributed by atoms with Crippen molar-refractivity contribution in [3.63, 3.8) is 0 Å². The zero-order chi connectivity index (χ0) is 8.27. The third kappa shape index (κ3) is 2.12. The number of thioether (sulfide) groups is 1. The standard InChI is InChI=1S/C8H16N2S/c1-4-10(5-2)8-9-6-7(3)11-8/h7H,4-6H2,1-3H3. The maximum absolute atomic E-state index is 4.46. The number of hydrogen-bond donors (Lipinski definition) is 0. The van der Waals surface area contributed by atoms with Crippen molar-refractivity contribution in [3.8, 4) is 0 Å². The van der Waals surface area contributed by atoms with E-state index in [1.54, 1.807) is 0 Å². The SMILES string of the molecule is CCN(CC)C1=NCC(C)S1. The summed E-state index contributed by atoms with van der Waals surface area (Å²) in [5.74, 6) is 0. The predicted octanol–water partition coefficient (Wildman–Crippen LogP) is 1.82. The van der Waals surface area contributed by atoms with Crippen molar-refractivity contribution >= 4 is 16.9 Å². The Morgan fingerprint density at radius 3 is 2.55 bits per heavy atom. The van der Waals surface area contributed by atoms with Crippen LogP contribution in [0.25, 0.3) is 0 Å². The third-order valence-electron chi connectivity index (χ3n) is 1.82. The van der Waals surface area contributed by atoms with Crippen LogP contribution >= 0.6 is 11.8 Å². The van der Waals surface area contributed by atoms with Gasteiger partial charge in [-0.3, -0.25) is 4.99 Å². The lowest BCUT2D eigenvalue weighted by Crippen LogP contribution is -2.27. The van der Waals surface area contributed by atoms with Gasteiger partial charge in [0.1, 0.15) is 0 Å². The quantitative estimate of drug-likeness (QED) is 0.631. The highest BCUT2D eigenvalue weighted by atomic mass is 32.2. The minimum absolute atomic E-state index is 0.686. The molecular weight excluding hydrogens is 156 g/mol. The second-order valence-electron chi connectivity index (χ2n) is 2.72. The molecule has 0 amide bonds. The molecule has 0 aromatic heterocycles. The van der Waals surface area contributed by atoms with Crippen molar-refractivity contribution in [2.24, 2.45) is 4.99 Å². The van der Waals surface area contributed by atoms with E-state index in [1.165, 1.54) is 5.17 Å². The first-order valence-corrected chi connectivity index (χ1v) is 5.12. The zero-order valence-corrected chi connectivity index (χ0v) is 8.32. The minimum Gasteiger partial charge on any atom is -0.352 e. The van der Waals surface area contributed by atoms with E-state index < -0.39 is 0 Å². The topological polar surface area (TPSA) is 15.6 Å². The molecule has 0 fully saturated rings. The average molecular weight is 172 g/mol. The average Bonchev–Trinajstić information content (AvgIpc) is 2.39. The van der Waals surface area contributed by atoms with Gasteiger partial charge >= 0.3 is 0 Å². The maximum atomic E-state index is 4.46. The molecule has 0 saturated heterocycles. The van der Waals surface area contributed by atoms with E-state index in [-0.39, 0.29) is 0 Å². The van der Waals surface area contributed by atoms with Crippen LogP contribution in [0, 0.1) is 0 Å². The molecule has 11 heavy (non-hydrogen) atoms. The Morgan fingerprint density at radius 2 is 2.18 bits per heavy atom. The van der Waals surface area contributed by atoms with Gasteiger partial charge in [0.15, 0.2) is 5.17 Å². The Labute approximate surface area is 73.1 Å². The van der Waals surface area contributed by atoms with Gasteiger partial charge in [0.25, 0.3) is 0 Å². The van der Waals surface area contributed by atoms with Crippen molar-refractivity contribution in [2.75, 3.05) is 19.6 Å². The van der Waals surface area contributed by atoms with Crippen LogP contribution in [0.3, 0.4) is 0 Å². The van der Waals surface area contributed by atoms with Crippen LogP contribution in [0.5, 0.6) is 0 Å². The number of hydrogen-bond acceptors (Lipinski definition) is 3. The molecule has 1 rings (SSSR count). The molecular formula is C8H16N2S. The summed E-state index contributed by atoms with van der Waals surface area (Å²) in [6, 6.07) is 0. The molecule has 1 aliphatic rings. The molecule has 0 aromatic rings. The Bertz CT molecular complexity index is 152. The number of amidine groups is 1. The fourth-order valence-corrected chi connectivity index (χ4v) is 2.20. The Kier molecular flexibility index (Phi) is 3.24. The van der Waals surface area contributed by atoms with Crippen molar-refractivity contribution < 1.29 is 0 Å². The Balaban J connectivity index is 2.46. The highest BCUT2D eigenvalue weighted by molar-refractivity contribution is 8.14. The largest absolute Gasteiger partial charge is 0.352 e. The Hall–Kier alpha value is -0.180. The van der Waals surface area contributed by atoms with Crippen molar-refractivity contribution in [3.05, 3.63) is 0 Å². The van der Waals surface area contributed by atoms with Crippen LogP contribution in [-0.2, 0) is 0 Å². The molecule has 0 radical (unpaired) electrons. The number of rotatable bonds is 2. The van der Waals surface area contributed by atoms with Crippen LogP contribution in [0.2, 0.25) is 0 Å². The summed E-state index contributed by atoms with van der Waals surface area (Å²) in [6.07, 6.45) is 0. The molecule has 0 saturated carbocycles. The zero-order valence-electron chi connectivity index (χ0n) is 7.50. The molecule has 1 aliphatic heterocycles. The first-order valence-electron chi connectivity index (χ1n) is 4.24. The summed E-state index contributed by atoms with van der Waals surface area (Å²) in [5.41, 5.74) is 0. The summed E-state index contributed by atoms with van der Waals surface area (Å²) in [7, 11) is 0. The second-order valence-corrected chi connectivity index (χ2v) is 4.13. The van der Waals surface area contributed by atoms with Crippen LogP contribution in [0.1, 0.15) is 20.8 Å². The van der Waals surface area contributed by atoms with Gasteiger partial charge in [0, 0.05) is 18.3 Å². The van der Waals surface area contributed by atoms with Gasteiger partial charge in [0.05, 0.1) is 6.54 Å². The summed E-state index contributed by atoms with van der Waals surface area (Å²) in [4.78, 5) is 6.78. The van der Waals surface area contributed by atoms with E-state index in [2.05, 4.69) is 30.7 Å². The molecule has 1 heterocycles. The summed E-state index contributed by atoms with van der Waals surface area (Å²) >= 11 is 1.90. The molecule has 0 N–H and O–H groups in total. The normalized spacial score (nSPS) is 23.5. The number of nitrogens with zero attached hydrogens (tertiary/aromatic N) is 2. The maximum Gasteiger partial charge on any atom is 0.159 e. The van der Waals surface area contributed by atoms with Gasteiger partial charge in [-0.05, 0) is 13.8 Å². The van der Waals surface area contributed by atoms with Crippen molar-refractivity contribution in [2.45, 2.75) is 26.0 Å². The molecule has 0 aromatic carbocycles. The molecule has 0 bridgehead atoms. The monoisotopic (exact) mass is 172 g/mol. The Morgan fingerprint density at radius 1 is 1.55 bits per heavy atom. The minimum atomic E-state index is 0.686. The lowest BCUT2D eigenvalue weighted by atomic mass is 10.5. The third-order valence-corrected chi connectivity index (χ3v) is 2.97. The first-order chi connectivity index (χ1) is 5.27. The molecule has 64 valence electrons. The second kappa shape index (κ2) is 4.00. The van der Waals surface area contributed by atoms with Crippen LogP contribution in [0.4, 0.5) is 0 Å². The van der Waals surface area contributed by atoms with Gasteiger partial charge in [0.2, 0.25) is 0 Å². The molecule has 0 spiro atoms. The molecule has 1 atom stereocenters. The molecule has 0 aliphatic carbocycles. The van der Waals surface area contributed by atoms with Crippen LogP contribution in [0.15, 0.2) is 4.99 Å². The van der Waals surface area contributed by atoms with Gasteiger partial charge in [-0.1, -0.05) is 18.7 Å². The predicted molar refractivity (Wildman–Crippen MR) is 52.3 cm³/mol. The fourth-order valence-electron chi connectivity index (χ4n) is 1.13. The van der Waals surface area contributed by atoms with E-state index in [4.69, 9.17) is 0 Å². The van der Waals surface area contributed by atoms with E-state index in [9.17, 15) is 0 Å². The van der Waals surface area contributed by atoms with Crippen molar-refractivity contribution in [1.82, 2.24) is 4.90 Å². The first kappa shape index (κ1) is 8.91. The summed E-state index contributed by atoms with van der Waals surface area (Å²) < 4.78 is 0. The number of aliphatic imine (C=N–C) groups is 1. The van der Waals surface area contributed by atoms with Gasteiger partial charge in [-0.25, -0.2) is 0 Å². The van der Waals surface area contributed by atoms with Crippen LogP contribution < -0.4 is 0 Å². The molecule has 2 nitrogen and oxygen atoms in total. The van der Waals surface area contributed by atoms with Gasteiger partial charge in [-0.15, -0.1) is 0 Å². The van der Waals surface area contributed by atoms with E-state index in [0.29, 0.717) is 5.25 Å². The van der Waals surface area contributed by atoms with Gasteiger partial charge in [-0.2, -0.15) is 0 Å². The van der Waals surface area contributed by atoms with E-state index in [0.717, 1.165) is 19.6 Å². The van der Waals surface area contributed by atoms with Crippen LogP contribution in [-0.4, -0.2) is 35.0 Å². The highest BCUT2D eigenvalue weighted by Gasteiger charge is 2.18. The lowest BCUT2D eigenvalue weighted by molar-refractivity contribution is 0.474. The smallest absolute Gasteiger partial charge is 0.159 e. The molecule has 3 heteroatoms. The van der Waals surface area contributed by atoms with E-state index >= 15 is 0 Å². The van der Waals surface area contributed by atoms with E-state index in [1.807, 2.05) is 11.8 Å².